The quantitative estimate of drug-likeness (QED) is 0.434. The van der Waals surface area contributed by atoms with Gasteiger partial charge in [-0.15, -0.1) is 0 Å². The van der Waals surface area contributed by atoms with Crippen LogP contribution in [0.5, 0.6) is 11.5 Å². The van der Waals surface area contributed by atoms with E-state index in [-0.39, 0.29) is 77.2 Å². The molecular formula is C8H9Na2O6P. The predicted octanol–water partition coefficient (Wildman–Crippen LogP) is -6.25. The molecule has 0 unspecified atom stereocenters. The number of hydrogen-bond donors (Lipinski definition) is 1. The Hall–Kier alpha value is 0.930. The molecule has 0 fully saturated rings. The van der Waals surface area contributed by atoms with Crippen molar-refractivity contribution in [1.29, 1.82) is 0 Å². The molecule has 0 amide bonds. The predicted molar refractivity (Wildman–Crippen MR) is 47.1 cm³/mol. The van der Waals surface area contributed by atoms with Crippen molar-refractivity contribution in [2.24, 2.45) is 0 Å². The van der Waals surface area contributed by atoms with Gasteiger partial charge in [0.05, 0.1) is 21.5 Å². The van der Waals surface area contributed by atoms with E-state index in [1.54, 1.807) is 0 Å². The number of phosphoric acid groups is 1. The fraction of sp³-hybridized carbons (Fsp3) is 0.250. The molecule has 6 nitrogen and oxygen atoms in total. The van der Waals surface area contributed by atoms with Gasteiger partial charge in [-0.3, -0.25) is 0 Å². The van der Waals surface area contributed by atoms with Crippen molar-refractivity contribution < 1.29 is 87.8 Å². The minimum Gasteiger partial charge on any atom is -0.790 e. The van der Waals surface area contributed by atoms with E-state index in [9.17, 15) is 19.5 Å². The van der Waals surface area contributed by atoms with Gasteiger partial charge in [0, 0.05) is 0 Å². The molecule has 0 heterocycles. The third-order valence-corrected chi connectivity index (χ3v) is 2.08. The van der Waals surface area contributed by atoms with Crippen LogP contribution in [-0.4, -0.2) is 12.2 Å². The number of aromatic hydroxyl groups is 1. The van der Waals surface area contributed by atoms with Crippen LogP contribution in [0.1, 0.15) is 5.56 Å². The van der Waals surface area contributed by atoms with Crippen molar-refractivity contribution in [3.05, 3.63) is 23.8 Å². The summed E-state index contributed by atoms with van der Waals surface area (Å²) in [6, 6.07) is 4.12. The average Bonchev–Trinajstić information content (AvgIpc) is 2.15. The van der Waals surface area contributed by atoms with Gasteiger partial charge in [-0.05, 0) is 17.7 Å². The van der Waals surface area contributed by atoms with Gasteiger partial charge >= 0.3 is 59.1 Å². The molecular weight excluding hydrogens is 269 g/mol. The van der Waals surface area contributed by atoms with Crippen molar-refractivity contribution in [3.8, 4) is 11.5 Å². The zero-order valence-corrected chi connectivity index (χ0v) is 14.8. The van der Waals surface area contributed by atoms with Gasteiger partial charge in [0.1, 0.15) is 0 Å². The smallest absolute Gasteiger partial charge is 0.790 e. The summed E-state index contributed by atoms with van der Waals surface area (Å²) in [5.74, 6) is 0.108. The van der Waals surface area contributed by atoms with Gasteiger partial charge in [-0.25, -0.2) is 0 Å². The molecule has 1 rings (SSSR count). The Morgan fingerprint density at radius 3 is 2.41 bits per heavy atom. The van der Waals surface area contributed by atoms with E-state index in [2.05, 4.69) is 4.52 Å². The van der Waals surface area contributed by atoms with E-state index in [4.69, 9.17) is 4.74 Å². The number of ether oxygens (including phenoxy) is 1. The Morgan fingerprint density at radius 1 is 1.35 bits per heavy atom. The molecule has 17 heavy (non-hydrogen) atoms. The maximum atomic E-state index is 10.2. The molecule has 0 atom stereocenters. The third kappa shape index (κ3) is 7.85. The molecule has 0 aliphatic rings. The van der Waals surface area contributed by atoms with E-state index in [1.165, 1.54) is 25.3 Å². The van der Waals surface area contributed by atoms with Crippen molar-refractivity contribution in [2.75, 3.05) is 7.11 Å². The monoisotopic (exact) mass is 278 g/mol. The van der Waals surface area contributed by atoms with Crippen LogP contribution in [0.3, 0.4) is 0 Å². The minimum absolute atomic E-state index is 0. The minimum atomic E-state index is -4.97. The fourth-order valence-electron chi connectivity index (χ4n) is 0.965. The van der Waals surface area contributed by atoms with E-state index < -0.39 is 7.82 Å². The molecule has 1 N–H and O–H groups in total. The number of hydrogen-bond acceptors (Lipinski definition) is 6. The van der Waals surface area contributed by atoms with Crippen LogP contribution in [0, 0.1) is 0 Å². The van der Waals surface area contributed by atoms with Gasteiger partial charge < -0.3 is 28.7 Å². The maximum absolute atomic E-state index is 10.2. The van der Waals surface area contributed by atoms with Crippen LogP contribution in [0.4, 0.5) is 0 Å². The largest absolute Gasteiger partial charge is 1.00 e. The first kappa shape index (κ1) is 20.3. The van der Waals surface area contributed by atoms with E-state index in [0.29, 0.717) is 5.56 Å². The van der Waals surface area contributed by atoms with Crippen LogP contribution < -0.4 is 73.6 Å². The first-order valence-corrected chi connectivity index (χ1v) is 5.41. The Morgan fingerprint density at radius 2 is 1.94 bits per heavy atom. The summed E-state index contributed by atoms with van der Waals surface area (Å²) in [5.41, 5.74) is 0.413. The first-order chi connectivity index (χ1) is 6.92. The Kier molecular flexibility index (Phi) is 10.6. The molecule has 0 spiro atoms. The zero-order chi connectivity index (χ0) is 11.5. The molecule has 0 radical (unpaired) electrons. The molecule has 0 saturated carbocycles. The Balaban J connectivity index is 0. The van der Waals surface area contributed by atoms with Crippen molar-refractivity contribution in [1.82, 2.24) is 0 Å². The molecule has 84 valence electrons. The Labute approximate surface area is 143 Å². The normalized spacial score (nSPS) is 10.1. The standard InChI is InChI=1S/C8H11O6P.2Na/c1-13-8-4-6(2-3-7(8)9)5-14-15(10,11)12;;/h2-4,9H,5H2,1H3,(H2,10,11,12);;/q;2*+1/p-2. The van der Waals surface area contributed by atoms with E-state index in [0.717, 1.165) is 0 Å². The van der Waals surface area contributed by atoms with Crippen molar-refractivity contribution in [2.45, 2.75) is 6.61 Å². The average molecular weight is 278 g/mol. The molecule has 0 aliphatic heterocycles. The first-order valence-electron chi connectivity index (χ1n) is 3.95. The summed E-state index contributed by atoms with van der Waals surface area (Å²) in [5, 5.41) is 9.22. The van der Waals surface area contributed by atoms with Gasteiger partial charge in [-0.1, -0.05) is 6.07 Å². The van der Waals surface area contributed by atoms with Crippen LogP contribution in [0.15, 0.2) is 18.2 Å². The summed E-state index contributed by atoms with van der Waals surface area (Å²) in [7, 11) is -3.62. The maximum Gasteiger partial charge on any atom is 1.00 e. The second-order valence-corrected chi connectivity index (χ2v) is 3.88. The zero-order valence-electron chi connectivity index (χ0n) is 9.87. The molecule has 0 aromatic heterocycles. The molecule has 1 aromatic rings. The summed E-state index contributed by atoms with van der Waals surface area (Å²) >= 11 is 0. The number of phosphoric ester groups is 1. The molecule has 1 aromatic carbocycles. The second-order valence-electron chi connectivity index (χ2n) is 2.73. The number of methoxy groups -OCH3 is 1. The van der Waals surface area contributed by atoms with Crippen LogP contribution in [0.2, 0.25) is 0 Å². The van der Waals surface area contributed by atoms with E-state index in [1.807, 2.05) is 0 Å². The van der Waals surface area contributed by atoms with Crippen LogP contribution in [0.25, 0.3) is 0 Å². The summed E-state index contributed by atoms with van der Waals surface area (Å²) in [4.78, 5) is 20.4. The van der Waals surface area contributed by atoms with Crippen molar-refractivity contribution >= 4 is 7.82 Å². The molecule has 0 saturated heterocycles. The molecule has 9 heteroatoms. The second kappa shape index (κ2) is 8.93. The van der Waals surface area contributed by atoms with Crippen molar-refractivity contribution in [3.63, 3.8) is 0 Å². The third-order valence-electron chi connectivity index (χ3n) is 1.63. The van der Waals surface area contributed by atoms with E-state index >= 15 is 0 Å². The molecule has 0 bridgehead atoms. The fourth-order valence-corrected chi connectivity index (χ4v) is 1.27. The van der Waals surface area contributed by atoms with Gasteiger partial charge in [0.25, 0.3) is 0 Å². The van der Waals surface area contributed by atoms with Gasteiger partial charge in [0.2, 0.25) is 0 Å². The number of phenols is 1. The molecule has 0 aliphatic carbocycles. The Bertz CT molecular complexity index is 394. The van der Waals surface area contributed by atoms with Crippen LogP contribution >= 0.6 is 7.82 Å². The van der Waals surface area contributed by atoms with Gasteiger partial charge in [0.15, 0.2) is 11.5 Å². The van der Waals surface area contributed by atoms with Gasteiger partial charge in [-0.2, -0.15) is 0 Å². The number of benzene rings is 1. The SMILES string of the molecule is COc1cc(COP(=O)([O-])[O-])ccc1O.[Na+].[Na+]. The summed E-state index contributed by atoms with van der Waals surface area (Å²) in [6.07, 6.45) is 0. The summed E-state index contributed by atoms with van der Waals surface area (Å²) in [6.45, 7) is -0.374. The summed E-state index contributed by atoms with van der Waals surface area (Å²) < 4.78 is 19.0. The number of rotatable bonds is 4. The topological polar surface area (TPSA) is 102 Å². The number of phenolic OH excluding ortho intramolecular Hbond substituents is 1. The van der Waals surface area contributed by atoms with Crippen LogP contribution in [-0.2, 0) is 15.7 Å².